The maximum atomic E-state index is 11.1. The second kappa shape index (κ2) is 12.1. The first-order chi connectivity index (χ1) is 9.11. The molecule has 0 spiro atoms. The van der Waals surface area contributed by atoms with Crippen molar-refractivity contribution >= 4 is 5.97 Å². The molecule has 0 N–H and O–H groups in total. The molecule has 1 unspecified atom stereocenters. The van der Waals surface area contributed by atoms with Crippen LogP contribution in [0.4, 0.5) is 0 Å². The molecule has 0 saturated carbocycles. The van der Waals surface area contributed by atoms with Crippen LogP contribution in [0.5, 0.6) is 0 Å². The van der Waals surface area contributed by atoms with E-state index in [0.717, 1.165) is 12.8 Å². The Kier molecular flexibility index (Phi) is 11.6. The van der Waals surface area contributed by atoms with Gasteiger partial charge in [-0.3, -0.25) is 0 Å². The molecule has 0 aliphatic heterocycles. The van der Waals surface area contributed by atoms with E-state index in [1.165, 1.54) is 0 Å². The summed E-state index contributed by atoms with van der Waals surface area (Å²) in [5.41, 5.74) is 0.384. The van der Waals surface area contributed by atoms with Gasteiger partial charge in [0.15, 0.2) is 6.29 Å². The summed E-state index contributed by atoms with van der Waals surface area (Å²) in [5, 5.41) is 0. The van der Waals surface area contributed by atoms with Crippen molar-refractivity contribution in [2.24, 2.45) is 0 Å². The molecule has 0 bridgehead atoms. The number of unbranched alkanes of at least 4 members (excludes halogenated alkanes) is 1. The first-order valence-corrected chi connectivity index (χ1v) is 6.75. The summed E-state index contributed by atoms with van der Waals surface area (Å²) in [6, 6.07) is 0. The van der Waals surface area contributed by atoms with Gasteiger partial charge in [-0.25, -0.2) is 4.79 Å². The van der Waals surface area contributed by atoms with Gasteiger partial charge in [-0.05, 0) is 20.3 Å². The average Bonchev–Trinajstić information content (AvgIpc) is 2.38. The van der Waals surface area contributed by atoms with Crippen LogP contribution in [0.2, 0.25) is 0 Å². The molecular weight excluding hydrogens is 248 g/mol. The Morgan fingerprint density at radius 3 is 2.47 bits per heavy atom. The van der Waals surface area contributed by atoms with Crippen molar-refractivity contribution in [2.75, 3.05) is 33.0 Å². The van der Waals surface area contributed by atoms with Gasteiger partial charge < -0.3 is 18.9 Å². The maximum absolute atomic E-state index is 11.1. The Morgan fingerprint density at radius 2 is 1.89 bits per heavy atom. The van der Waals surface area contributed by atoms with Crippen LogP contribution >= 0.6 is 0 Å². The summed E-state index contributed by atoms with van der Waals surface area (Å²) in [5.74, 6) is -0.399. The average molecular weight is 274 g/mol. The fourth-order valence-corrected chi connectivity index (χ4v) is 1.19. The number of carbonyl (C=O) groups is 1. The summed E-state index contributed by atoms with van der Waals surface area (Å²) in [6.45, 7) is 11.2. The quantitative estimate of drug-likeness (QED) is 0.236. The highest BCUT2D eigenvalue weighted by molar-refractivity contribution is 5.86. The fourth-order valence-electron chi connectivity index (χ4n) is 1.19. The third kappa shape index (κ3) is 10.7. The van der Waals surface area contributed by atoms with Crippen molar-refractivity contribution in [1.82, 2.24) is 0 Å². The van der Waals surface area contributed by atoms with E-state index in [1.54, 1.807) is 6.92 Å². The van der Waals surface area contributed by atoms with Gasteiger partial charge in [-0.15, -0.1) is 0 Å². The minimum Gasteiger partial charge on any atom is -0.460 e. The first kappa shape index (κ1) is 18.1. The van der Waals surface area contributed by atoms with Crippen LogP contribution in [0.1, 0.15) is 33.6 Å². The number of rotatable bonds is 12. The molecule has 1 atom stereocenters. The zero-order valence-electron chi connectivity index (χ0n) is 12.3. The summed E-state index contributed by atoms with van der Waals surface area (Å²) in [6.07, 6.45) is 1.73. The minimum absolute atomic E-state index is 0.208. The summed E-state index contributed by atoms with van der Waals surface area (Å²) in [7, 11) is 0. The monoisotopic (exact) mass is 274 g/mol. The lowest BCUT2D eigenvalue weighted by atomic mass is 10.4. The highest BCUT2D eigenvalue weighted by Crippen LogP contribution is 1.99. The molecule has 5 heteroatoms. The van der Waals surface area contributed by atoms with Crippen LogP contribution < -0.4 is 0 Å². The zero-order chi connectivity index (χ0) is 14.5. The zero-order valence-corrected chi connectivity index (χ0v) is 12.3. The van der Waals surface area contributed by atoms with Gasteiger partial charge in [-0.2, -0.15) is 0 Å². The largest absolute Gasteiger partial charge is 0.460 e. The van der Waals surface area contributed by atoms with E-state index < -0.39 is 5.97 Å². The Balaban J connectivity index is 3.62. The van der Waals surface area contributed by atoms with E-state index >= 15 is 0 Å². The first-order valence-electron chi connectivity index (χ1n) is 6.75. The fraction of sp³-hybridized carbons (Fsp3) is 0.786. The molecule has 5 nitrogen and oxygen atoms in total. The molecule has 0 aliphatic carbocycles. The number of hydrogen-bond donors (Lipinski definition) is 0. The Bertz CT molecular complexity index is 252. The van der Waals surface area contributed by atoms with Crippen molar-refractivity contribution in [3.63, 3.8) is 0 Å². The van der Waals surface area contributed by atoms with Crippen molar-refractivity contribution in [1.29, 1.82) is 0 Å². The summed E-state index contributed by atoms with van der Waals surface area (Å²) < 4.78 is 21.2. The van der Waals surface area contributed by atoms with Gasteiger partial charge in [0.2, 0.25) is 0 Å². The third-order valence-electron chi connectivity index (χ3n) is 2.22. The highest BCUT2D eigenvalue weighted by Gasteiger charge is 2.09. The van der Waals surface area contributed by atoms with Gasteiger partial charge in [0.25, 0.3) is 0 Å². The topological polar surface area (TPSA) is 54.0 Å². The predicted octanol–water partition coefficient (Wildman–Crippen LogP) is 2.30. The van der Waals surface area contributed by atoms with Crippen molar-refractivity contribution in [3.05, 3.63) is 12.2 Å². The van der Waals surface area contributed by atoms with E-state index in [0.29, 0.717) is 32.0 Å². The van der Waals surface area contributed by atoms with E-state index in [9.17, 15) is 4.79 Å². The Labute approximate surface area is 115 Å². The van der Waals surface area contributed by atoms with E-state index in [2.05, 4.69) is 13.5 Å². The van der Waals surface area contributed by atoms with E-state index in [-0.39, 0.29) is 12.9 Å². The molecule has 112 valence electrons. The van der Waals surface area contributed by atoms with Crippen molar-refractivity contribution in [2.45, 2.75) is 39.9 Å². The molecule has 0 rings (SSSR count). The van der Waals surface area contributed by atoms with Gasteiger partial charge in [0.05, 0.1) is 13.2 Å². The van der Waals surface area contributed by atoms with Crippen LogP contribution in [-0.2, 0) is 23.7 Å². The van der Waals surface area contributed by atoms with Crippen LogP contribution in [-0.4, -0.2) is 45.3 Å². The van der Waals surface area contributed by atoms with Crippen LogP contribution in [0.3, 0.4) is 0 Å². The van der Waals surface area contributed by atoms with Crippen molar-refractivity contribution < 1.29 is 23.7 Å². The second-order valence-corrected chi connectivity index (χ2v) is 4.10. The standard InChI is InChI=1S/C14H26O5/c1-5-7-8-18-13(17-6-2)11-16-9-10-19-14(15)12(3)4/h13H,3,5-11H2,1-2,4H3. The smallest absolute Gasteiger partial charge is 0.333 e. The lowest BCUT2D eigenvalue weighted by molar-refractivity contribution is -0.173. The number of ether oxygens (including phenoxy) is 4. The number of hydrogen-bond acceptors (Lipinski definition) is 5. The maximum Gasteiger partial charge on any atom is 0.333 e. The molecule has 0 aliphatic rings. The van der Waals surface area contributed by atoms with Gasteiger partial charge in [0, 0.05) is 18.8 Å². The molecule has 0 aromatic rings. The van der Waals surface area contributed by atoms with Crippen LogP contribution in [0, 0.1) is 0 Å². The highest BCUT2D eigenvalue weighted by atomic mass is 16.7. The molecular formula is C14H26O5. The lowest BCUT2D eigenvalue weighted by Gasteiger charge is -2.17. The van der Waals surface area contributed by atoms with E-state index in [1.807, 2.05) is 6.92 Å². The van der Waals surface area contributed by atoms with E-state index in [4.69, 9.17) is 18.9 Å². The normalized spacial score (nSPS) is 12.2. The summed E-state index contributed by atoms with van der Waals surface area (Å²) >= 11 is 0. The van der Waals surface area contributed by atoms with Crippen LogP contribution in [0.15, 0.2) is 12.2 Å². The van der Waals surface area contributed by atoms with Crippen molar-refractivity contribution in [3.8, 4) is 0 Å². The Hall–Kier alpha value is -0.910. The lowest BCUT2D eigenvalue weighted by Crippen LogP contribution is -2.25. The molecule has 0 heterocycles. The third-order valence-corrected chi connectivity index (χ3v) is 2.22. The van der Waals surface area contributed by atoms with Gasteiger partial charge >= 0.3 is 5.97 Å². The second-order valence-electron chi connectivity index (χ2n) is 4.10. The van der Waals surface area contributed by atoms with Gasteiger partial charge in [-0.1, -0.05) is 19.9 Å². The van der Waals surface area contributed by atoms with Crippen LogP contribution in [0.25, 0.3) is 0 Å². The Morgan fingerprint density at radius 1 is 1.16 bits per heavy atom. The predicted molar refractivity (Wildman–Crippen MR) is 72.9 cm³/mol. The molecule has 0 radical (unpaired) electrons. The molecule has 19 heavy (non-hydrogen) atoms. The molecule has 0 aromatic heterocycles. The minimum atomic E-state index is -0.399. The molecule has 0 fully saturated rings. The number of carbonyl (C=O) groups excluding carboxylic acids is 1. The molecule has 0 aromatic carbocycles. The number of esters is 1. The molecule has 0 amide bonds. The summed E-state index contributed by atoms with van der Waals surface area (Å²) in [4.78, 5) is 11.1. The molecule has 0 saturated heterocycles. The SMILES string of the molecule is C=C(C)C(=O)OCCOCC(OCC)OCCCC. The van der Waals surface area contributed by atoms with Gasteiger partial charge in [0.1, 0.15) is 6.61 Å².